The second-order valence-electron chi connectivity index (χ2n) is 11.4. The normalized spacial score (nSPS) is 13.8. The van der Waals surface area contributed by atoms with Gasteiger partial charge in [-0.25, -0.2) is 0 Å². The van der Waals surface area contributed by atoms with Crippen LogP contribution < -0.4 is 36.6 Å². The minimum absolute atomic E-state index is 0.136. The van der Waals surface area contributed by atoms with Crippen molar-refractivity contribution in [2.24, 2.45) is 7.05 Å². The Morgan fingerprint density at radius 2 is 1.68 bits per heavy atom. The number of benzene rings is 3. The Labute approximate surface area is 271 Å². The summed E-state index contributed by atoms with van der Waals surface area (Å²) < 4.78 is 17.5. The van der Waals surface area contributed by atoms with Crippen LogP contribution in [-0.2, 0) is 26.4 Å². The summed E-state index contributed by atoms with van der Waals surface area (Å²) in [6, 6.07) is 22.3. The molecule has 0 atom stereocenters. The lowest BCUT2D eigenvalue weighted by molar-refractivity contribution is 0.102. The van der Waals surface area contributed by atoms with Gasteiger partial charge in [-0.1, -0.05) is 24.3 Å². The average molecular weight is 633 g/mol. The number of carbonyl (C=O) groups excluding carboxylic acids is 1. The quantitative estimate of drug-likeness (QED) is 0.256. The van der Waals surface area contributed by atoms with E-state index in [4.69, 9.17) is 13.9 Å². The van der Waals surface area contributed by atoms with Crippen molar-refractivity contribution in [2.75, 3.05) is 32.6 Å². The molecule has 1 amide bonds. The molecule has 2 N–H and O–H groups in total. The highest BCUT2D eigenvalue weighted by Crippen LogP contribution is 2.33. The maximum Gasteiger partial charge on any atom is 0.274 e. The van der Waals surface area contributed by atoms with Crippen molar-refractivity contribution in [2.45, 2.75) is 19.4 Å². The van der Waals surface area contributed by atoms with Crippen LogP contribution in [0.2, 0.25) is 0 Å². The lowest BCUT2D eigenvalue weighted by Crippen LogP contribution is -2.52. The Hall–Kier alpha value is -5.61. The maximum atomic E-state index is 12.9. The van der Waals surface area contributed by atoms with Gasteiger partial charge in [0.1, 0.15) is 16.5 Å². The topological polar surface area (TPSA) is 119 Å². The summed E-state index contributed by atoms with van der Waals surface area (Å²) >= 11 is 0. The molecule has 0 radical (unpaired) electrons. The number of hydrogen-bond acceptors (Lipinski definition) is 7. The number of carbonyl (C=O) groups is 1. The number of fused-ring (bicyclic) bond motifs is 1. The van der Waals surface area contributed by atoms with Crippen molar-refractivity contribution in [1.29, 1.82) is 0 Å². The monoisotopic (exact) mass is 632 g/mol. The van der Waals surface area contributed by atoms with Gasteiger partial charge in [0, 0.05) is 44.0 Å². The Bertz CT molecular complexity index is 2130. The van der Waals surface area contributed by atoms with Gasteiger partial charge in [-0.3, -0.25) is 19.3 Å². The van der Waals surface area contributed by atoms with Gasteiger partial charge in [0.25, 0.3) is 17.0 Å². The molecule has 0 saturated carbocycles. The van der Waals surface area contributed by atoms with E-state index in [1.165, 1.54) is 40.6 Å². The van der Waals surface area contributed by atoms with Crippen LogP contribution in [0.25, 0.3) is 12.2 Å². The first-order valence-corrected chi connectivity index (χ1v) is 15.3. The molecule has 47 heavy (non-hydrogen) atoms. The lowest BCUT2D eigenvalue weighted by atomic mass is 9.98. The molecule has 10 nitrogen and oxygen atoms in total. The first-order valence-electron chi connectivity index (χ1n) is 15.3. The van der Waals surface area contributed by atoms with Crippen molar-refractivity contribution in [1.82, 2.24) is 14.5 Å². The number of H-pyrrole nitrogens is 1. The van der Waals surface area contributed by atoms with Gasteiger partial charge in [0.05, 0.1) is 20.5 Å². The molecule has 2 aromatic heterocycles. The van der Waals surface area contributed by atoms with E-state index in [0.717, 1.165) is 44.0 Å². The van der Waals surface area contributed by atoms with E-state index in [2.05, 4.69) is 27.3 Å². The summed E-state index contributed by atoms with van der Waals surface area (Å²) in [5, 5.41) is 3.26. The van der Waals surface area contributed by atoms with Gasteiger partial charge in [0.15, 0.2) is 11.5 Å². The van der Waals surface area contributed by atoms with Gasteiger partial charge >= 0.3 is 0 Å². The molecule has 6 rings (SSSR count). The Kier molecular flexibility index (Phi) is 9.21. The molecule has 0 aliphatic carbocycles. The van der Waals surface area contributed by atoms with Crippen molar-refractivity contribution in [3.63, 3.8) is 0 Å². The van der Waals surface area contributed by atoms with Gasteiger partial charge < -0.3 is 28.8 Å². The first-order chi connectivity index (χ1) is 22.8. The summed E-state index contributed by atoms with van der Waals surface area (Å²) in [5.74, 6) is 1.75. The number of ether oxygens (including phenoxy) is 2. The minimum Gasteiger partial charge on any atom is -0.493 e. The van der Waals surface area contributed by atoms with Crippen molar-refractivity contribution >= 4 is 23.7 Å². The van der Waals surface area contributed by atoms with E-state index in [1.54, 1.807) is 56.7 Å². The summed E-state index contributed by atoms with van der Waals surface area (Å²) in [6.45, 7) is 2.78. The van der Waals surface area contributed by atoms with E-state index in [-0.39, 0.29) is 22.2 Å². The lowest BCUT2D eigenvalue weighted by Gasteiger charge is -2.29. The molecule has 240 valence electrons. The minimum atomic E-state index is -0.420. The van der Waals surface area contributed by atoms with Crippen molar-refractivity contribution < 1.29 is 18.7 Å². The van der Waals surface area contributed by atoms with Gasteiger partial charge in [-0.15, -0.1) is 0 Å². The number of rotatable bonds is 9. The smallest absolute Gasteiger partial charge is 0.274 e. The van der Waals surface area contributed by atoms with Crippen molar-refractivity contribution in [3.8, 4) is 11.5 Å². The van der Waals surface area contributed by atoms with Crippen LogP contribution in [0.4, 0.5) is 5.69 Å². The van der Waals surface area contributed by atoms with E-state index < -0.39 is 5.56 Å². The largest absolute Gasteiger partial charge is 0.493 e. The average Bonchev–Trinajstić information content (AvgIpc) is 3.61. The number of aromatic amines is 1. The number of methoxy groups -OCH3 is 2. The van der Waals surface area contributed by atoms with E-state index in [1.807, 2.05) is 24.3 Å². The van der Waals surface area contributed by atoms with Crippen LogP contribution in [0, 0.1) is 0 Å². The fourth-order valence-corrected chi connectivity index (χ4v) is 5.73. The molecule has 0 saturated heterocycles. The van der Waals surface area contributed by atoms with Crippen LogP contribution >= 0.6 is 0 Å². The predicted molar refractivity (Wildman–Crippen MR) is 180 cm³/mol. The number of nitrogens with zero attached hydrogens (tertiary/aromatic N) is 2. The number of furan rings is 1. The highest BCUT2D eigenvalue weighted by Gasteiger charge is 2.19. The third kappa shape index (κ3) is 7.13. The van der Waals surface area contributed by atoms with Gasteiger partial charge in [-0.05, 0) is 89.7 Å². The molecule has 0 spiro atoms. The zero-order chi connectivity index (χ0) is 32.9. The maximum absolute atomic E-state index is 12.9. The fourth-order valence-electron chi connectivity index (χ4n) is 5.73. The van der Waals surface area contributed by atoms with Gasteiger partial charge in [0.2, 0.25) is 0 Å². The SMILES string of the molecule is COc1cc2c(cc1OC)CN(CCc1ccc(NC(=O)c3ccc(C=c4[nH]c(=O)c(=Cc5ccco5)n(C)c4=O)cc3)cc1)CC2. The molecule has 1 aliphatic rings. The molecule has 3 heterocycles. The molecule has 0 unspecified atom stereocenters. The molecular formula is C37H36N4O6. The number of amides is 1. The van der Waals surface area contributed by atoms with Crippen LogP contribution in [0.3, 0.4) is 0 Å². The van der Waals surface area contributed by atoms with Crippen LogP contribution in [0.15, 0.2) is 93.1 Å². The summed E-state index contributed by atoms with van der Waals surface area (Å²) in [4.78, 5) is 43.6. The van der Waals surface area contributed by atoms with Crippen LogP contribution in [-0.4, -0.2) is 47.7 Å². The Morgan fingerprint density at radius 1 is 0.957 bits per heavy atom. The first kappa shape index (κ1) is 31.4. The van der Waals surface area contributed by atoms with Gasteiger partial charge in [-0.2, -0.15) is 0 Å². The molecule has 3 aromatic carbocycles. The summed E-state index contributed by atoms with van der Waals surface area (Å²) in [7, 11) is 4.86. The van der Waals surface area contributed by atoms with E-state index in [0.29, 0.717) is 22.6 Å². The standard InChI is InChI=1S/C37H36N4O6/c1-40-32(22-30-5-4-18-47-30)36(43)39-31(37(40)44)19-25-6-10-26(11-7-25)35(42)38-29-12-8-24(9-13-29)14-16-41-17-15-27-20-33(45-2)34(46-3)21-28(27)23-41/h4-13,18-22H,14-17,23H2,1-3H3,(H,38,42)(H,39,43). The van der Waals surface area contributed by atoms with E-state index >= 15 is 0 Å². The molecular weight excluding hydrogens is 596 g/mol. The number of hydrogen-bond donors (Lipinski definition) is 2. The number of anilines is 1. The molecule has 1 aliphatic heterocycles. The predicted octanol–water partition coefficient (Wildman–Crippen LogP) is 3.19. The number of nitrogens with one attached hydrogen (secondary N) is 2. The van der Waals surface area contributed by atoms with Crippen LogP contribution in [0.1, 0.15) is 38.4 Å². The zero-order valence-corrected chi connectivity index (χ0v) is 26.5. The second-order valence-corrected chi connectivity index (χ2v) is 11.4. The van der Waals surface area contributed by atoms with Crippen LogP contribution in [0.5, 0.6) is 11.5 Å². The summed E-state index contributed by atoms with van der Waals surface area (Å²) in [6.07, 6.45) is 6.45. The molecule has 0 fully saturated rings. The van der Waals surface area contributed by atoms with Crippen molar-refractivity contribution in [3.05, 3.63) is 144 Å². The Morgan fingerprint density at radius 3 is 2.36 bits per heavy atom. The molecule has 5 aromatic rings. The third-order valence-corrected chi connectivity index (χ3v) is 8.41. The highest BCUT2D eigenvalue weighted by atomic mass is 16.5. The third-order valence-electron chi connectivity index (χ3n) is 8.41. The number of aromatic nitrogens is 2. The Balaban J connectivity index is 1.06. The second kappa shape index (κ2) is 13.8. The molecule has 10 heteroatoms. The van der Waals surface area contributed by atoms with E-state index in [9.17, 15) is 14.4 Å². The summed E-state index contributed by atoms with van der Waals surface area (Å²) in [5.41, 5.74) is 4.82. The zero-order valence-electron chi connectivity index (χ0n) is 26.5. The highest BCUT2D eigenvalue weighted by molar-refractivity contribution is 6.04. The fraction of sp³-hybridized carbons (Fsp3) is 0.216. The molecule has 0 bridgehead atoms.